The Kier molecular flexibility index (Phi) is 4.23. The molecule has 1 fully saturated rings. The van der Waals surface area contributed by atoms with Gasteiger partial charge in [0, 0.05) is 19.3 Å². The van der Waals surface area contributed by atoms with E-state index in [-0.39, 0.29) is 5.38 Å². The number of halogens is 1. The van der Waals surface area contributed by atoms with E-state index < -0.39 is 0 Å². The number of ether oxygens (including phenoxy) is 1. The molecule has 21 heavy (non-hydrogen) atoms. The van der Waals surface area contributed by atoms with Crippen LogP contribution in [0.2, 0.25) is 0 Å². The van der Waals surface area contributed by atoms with E-state index in [1.54, 1.807) is 0 Å². The number of benzene rings is 1. The van der Waals surface area contributed by atoms with Gasteiger partial charge in [-0.3, -0.25) is 0 Å². The van der Waals surface area contributed by atoms with E-state index in [9.17, 15) is 0 Å². The highest BCUT2D eigenvalue weighted by molar-refractivity contribution is 6.20. The summed E-state index contributed by atoms with van der Waals surface area (Å²) in [4.78, 5) is 4.79. The lowest BCUT2D eigenvalue weighted by Crippen LogP contribution is -2.25. The van der Waals surface area contributed by atoms with Crippen molar-refractivity contribution < 1.29 is 4.74 Å². The Balaban J connectivity index is 2.07. The standard InChI is InChI=1S/C17H23ClN2O/c1-11-4-5-16-15(10-11)19-17(12(2)18)20(16)13(3)14-6-8-21-9-7-14/h4-5,10,12-14H,6-9H2,1-3H3. The number of hydrogen-bond donors (Lipinski definition) is 0. The first-order chi connectivity index (χ1) is 10.1. The van der Waals surface area contributed by atoms with Crippen molar-refractivity contribution in [3.63, 3.8) is 0 Å². The maximum absolute atomic E-state index is 6.39. The molecule has 0 radical (unpaired) electrons. The van der Waals surface area contributed by atoms with Gasteiger partial charge in [0.05, 0.1) is 16.4 Å². The van der Waals surface area contributed by atoms with Crippen LogP contribution in [0.3, 0.4) is 0 Å². The van der Waals surface area contributed by atoms with Crippen molar-refractivity contribution in [2.24, 2.45) is 5.92 Å². The summed E-state index contributed by atoms with van der Waals surface area (Å²) in [6, 6.07) is 6.87. The fraction of sp³-hybridized carbons (Fsp3) is 0.588. The summed E-state index contributed by atoms with van der Waals surface area (Å²) >= 11 is 6.39. The highest BCUT2D eigenvalue weighted by Gasteiger charge is 2.26. The Morgan fingerprint density at radius 2 is 2.00 bits per heavy atom. The van der Waals surface area contributed by atoms with Crippen LogP contribution in [0.5, 0.6) is 0 Å². The number of alkyl halides is 1. The van der Waals surface area contributed by atoms with Gasteiger partial charge < -0.3 is 9.30 Å². The molecule has 0 spiro atoms. The van der Waals surface area contributed by atoms with E-state index in [0.717, 1.165) is 37.4 Å². The molecule has 4 heteroatoms. The molecule has 114 valence electrons. The smallest absolute Gasteiger partial charge is 0.127 e. The number of aryl methyl sites for hydroxylation is 1. The van der Waals surface area contributed by atoms with Crippen LogP contribution in [0, 0.1) is 12.8 Å². The summed E-state index contributed by atoms with van der Waals surface area (Å²) < 4.78 is 7.85. The number of hydrogen-bond acceptors (Lipinski definition) is 2. The fourth-order valence-electron chi connectivity index (χ4n) is 3.35. The molecule has 0 N–H and O–H groups in total. The second kappa shape index (κ2) is 5.98. The van der Waals surface area contributed by atoms with Crippen LogP contribution in [0.4, 0.5) is 0 Å². The first kappa shape index (κ1) is 14.9. The quantitative estimate of drug-likeness (QED) is 0.773. The molecule has 2 heterocycles. The Labute approximate surface area is 131 Å². The summed E-state index contributed by atoms with van der Waals surface area (Å²) in [6.45, 7) is 8.13. The molecule has 3 nitrogen and oxygen atoms in total. The van der Waals surface area contributed by atoms with Gasteiger partial charge in [-0.15, -0.1) is 11.6 Å². The number of nitrogens with zero attached hydrogens (tertiary/aromatic N) is 2. The third-order valence-corrected chi connectivity index (χ3v) is 4.78. The Hall–Kier alpha value is -1.06. The predicted molar refractivity (Wildman–Crippen MR) is 87.0 cm³/mol. The van der Waals surface area contributed by atoms with Gasteiger partial charge >= 0.3 is 0 Å². The SMILES string of the molecule is Cc1ccc2c(c1)nc(C(C)Cl)n2C(C)C1CCOCC1. The van der Waals surface area contributed by atoms with Crippen molar-refractivity contribution in [1.29, 1.82) is 0 Å². The average molecular weight is 307 g/mol. The maximum atomic E-state index is 6.39. The first-order valence-corrected chi connectivity index (χ1v) is 8.22. The lowest BCUT2D eigenvalue weighted by atomic mass is 9.92. The van der Waals surface area contributed by atoms with Crippen molar-refractivity contribution in [3.05, 3.63) is 29.6 Å². The highest BCUT2D eigenvalue weighted by atomic mass is 35.5. The largest absolute Gasteiger partial charge is 0.381 e. The summed E-state index contributed by atoms with van der Waals surface area (Å²) in [5.74, 6) is 1.61. The fourth-order valence-corrected chi connectivity index (χ4v) is 3.50. The predicted octanol–water partition coefficient (Wildman–Crippen LogP) is 4.63. The Morgan fingerprint density at radius 1 is 1.29 bits per heavy atom. The van der Waals surface area contributed by atoms with E-state index in [1.165, 1.54) is 11.1 Å². The van der Waals surface area contributed by atoms with Gasteiger partial charge in [0.15, 0.2) is 0 Å². The molecule has 3 rings (SSSR count). The van der Waals surface area contributed by atoms with Gasteiger partial charge in [0.25, 0.3) is 0 Å². The summed E-state index contributed by atoms with van der Waals surface area (Å²) in [7, 11) is 0. The maximum Gasteiger partial charge on any atom is 0.127 e. The molecule has 1 aliphatic rings. The van der Waals surface area contributed by atoms with E-state index in [2.05, 4.69) is 36.6 Å². The third kappa shape index (κ3) is 2.82. The zero-order valence-electron chi connectivity index (χ0n) is 13.0. The highest BCUT2D eigenvalue weighted by Crippen LogP contribution is 2.34. The van der Waals surface area contributed by atoms with Crippen molar-refractivity contribution >= 4 is 22.6 Å². The van der Waals surface area contributed by atoms with E-state index >= 15 is 0 Å². The van der Waals surface area contributed by atoms with Crippen LogP contribution in [0.25, 0.3) is 11.0 Å². The monoisotopic (exact) mass is 306 g/mol. The second-order valence-corrected chi connectivity index (χ2v) is 6.79. The Morgan fingerprint density at radius 3 is 2.67 bits per heavy atom. The topological polar surface area (TPSA) is 27.1 Å². The molecule has 0 aliphatic carbocycles. The molecular formula is C17H23ClN2O. The third-order valence-electron chi connectivity index (χ3n) is 4.58. The molecule has 1 aromatic heterocycles. The van der Waals surface area contributed by atoms with Gasteiger partial charge in [-0.2, -0.15) is 0 Å². The number of aromatic nitrogens is 2. The first-order valence-electron chi connectivity index (χ1n) is 7.78. The molecule has 0 bridgehead atoms. The van der Waals surface area contributed by atoms with Crippen LogP contribution in [-0.2, 0) is 4.74 Å². The lowest BCUT2D eigenvalue weighted by molar-refractivity contribution is 0.0515. The minimum atomic E-state index is -0.0833. The molecular weight excluding hydrogens is 284 g/mol. The number of fused-ring (bicyclic) bond motifs is 1. The number of rotatable bonds is 3. The van der Waals surface area contributed by atoms with E-state index in [1.807, 2.05) is 6.92 Å². The molecule has 1 aliphatic heterocycles. The number of imidazole rings is 1. The van der Waals surface area contributed by atoms with E-state index in [0.29, 0.717) is 12.0 Å². The van der Waals surface area contributed by atoms with Gasteiger partial charge in [-0.1, -0.05) is 6.07 Å². The second-order valence-electron chi connectivity index (χ2n) is 6.14. The average Bonchev–Trinajstić information content (AvgIpc) is 2.86. The van der Waals surface area contributed by atoms with Crippen LogP contribution >= 0.6 is 11.6 Å². The minimum absolute atomic E-state index is 0.0833. The molecule has 2 unspecified atom stereocenters. The van der Waals surface area contributed by atoms with Crippen molar-refractivity contribution in [2.45, 2.75) is 45.0 Å². The van der Waals surface area contributed by atoms with E-state index in [4.69, 9.17) is 21.3 Å². The van der Waals surface area contributed by atoms with Gasteiger partial charge in [0.2, 0.25) is 0 Å². The van der Waals surface area contributed by atoms with Crippen LogP contribution in [-0.4, -0.2) is 22.8 Å². The molecule has 0 saturated carbocycles. The van der Waals surface area contributed by atoms with Crippen LogP contribution < -0.4 is 0 Å². The molecule has 2 atom stereocenters. The summed E-state index contributed by atoms with van der Waals surface area (Å²) in [5.41, 5.74) is 3.48. The lowest BCUT2D eigenvalue weighted by Gasteiger charge is -2.30. The van der Waals surface area contributed by atoms with Crippen LogP contribution in [0.1, 0.15) is 49.5 Å². The Bertz CT molecular complexity index is 629. The van der Waals surface area contributed by atoms with Crippen LogP contribution in [0.15, 0.2) is 18.2 Å². The molecule has 1 saturated heterocycles. The van der Waals surface area contributed by atoms with Gasteiger partial charge in [-0.25, -0.2) is 4.98 Å². The summed E-state index contributed by atoms with van der Waals surface area (Å²) in [5, 5.41) is -0.0833. The molecule has 2 aromatic rings. The van der Waals surface area contributed by atoms with Crippen molar-refractivity contribution in [1.82, 2.24) is 9.55 Å². The minimum Gasteiger partial charge on any atom is -0.381 e. The van der Waals surface area contributed by atoms with Crippen molar-refractivity contribution in [2.75, 3.05) is 13.2 Å². The van der Waals surface area contributed by atoms with Gasteiger partial charge in [-0.05, 0) is 57.2 Å². The van der Waals surface area contributed by atoms with Crippen molar-refractivity contribution in [3.8, 4) is 0 Å². The summed E-state index contributed by atoms with van der Waals surface area (Å²) in [6.07, 6.45) is 2.23. The normalized spacial score (nSPS) is 19.8. The zero-order chi connectivity index (χ0) is 15.0. The molecule has 0 amide bonds. The van der Waals surface area contributed by atoms with Gasteiger partial charge in [0.1, 0.15) is 5.82 Å². The zero-order valence-corrected chi connectivity index (χ0v) is 13.7. The molecule has 1 aromatic carbocycles.